The van der Waals surface area contributed by atoms with Crippen molar-refractivity contribution in [1.82, 2.24) is 10.4 Å². The van der Waals surface area contributed by atoms with Gasteiger partial charge in [-0.1, -0.05) is 0 Å². The van der Waals surface area contributed by atoms with Gasteiger partial charge < -0.3 is 10.8 Å². The lowest BCUT2D eigenvalue weighted by atomic mass is 10.4. The van der Waals surface area contributed by atoms with Crippen molar-refractivity contribution in [1.29, 1.82) is 0 Å². The van der Waals surface area contributed by atoms with E-state index in [4.69, 9.17) is 10.8 Å². The number of nitrogens with two attached hydrogens (primary N) is 1. The van der Waals surface area contributed by atoms with E-state index in [-0.39, 0.29) is 12.6 Å². The van der Waals surface area contributed by atoms with Crippen LogP contribution in [0.5, 0.6) is 0 Å². The van der Waals surface area contributed by atoms with Crippen LogP contribution in [0.15, 0.2) is 11.9 Å². The molecule has 0 saturated heterocycles. The molecule has 5 heteroatoms. The molecule has 0 amide bonds. The maximum atomic E-state index is 10.2. The Labute approximate surface area is 64.4 Å². The molecule has 0 spiro atoms. The second-order valence-corrected chi connectivity index (χ2v) is 2.49. The maximum Gasteiger partial charge on any atom is 0.324 e. The van der Waals surface area contributed by atoms with Gasteiger partial charge in [0.2, 0.25) is 0 Å². The molecule has 1 rings (SSSR count). The van der Waals surface area contributed by atoms with Gasteiger partial charge in [-0.25, -0.2) is 5.43 Å². The number of carboxylic acids is 1. The molecular formula is C6H11N3O2. The number of hydrogen-bond donors (Lipinski definition) is 3. The van der Waals surface area contributed by atoms with Crippen molar-refractivity contribution >= 4 is 5.97 Å². The summed E-state index contributed by atoms with van der Waals surface area (Å²) < 4.78 is 0. The molecule has 0 aromatic heterocycles. The van der Waals surface area contributed by atoms with Gasteiger partial charge in [0.15, 0.2) is 0 Å². The van der Waals surface area contributed by atoms with Crippen molar-refractivity contribution in [2.24, 2.45) is 5.73 Å². The van der Waals surface area contributed by atoms with Gasteiger partial charge in [0.25, 0.3) is 0 Å². The Morgan fingerprint density at radius 1 is 2.00 bits per heavy atom. The Morgan fingerprint density at radius 3 is 3.00 bits per heavy atom. The molecule has 1 heterocycles. The van der Waals surface area contributed by atoms with Gasteiger partial charge in [-0.05, 0) is 13.0 Å². The minimum absolute atomic E-state index is 0.104. The molecule has 0 aromatic carbocycles. The summed E-state index contributed by atoms with van der Waals surface area (Å²) >= 11 is 0. The molecular weight excluding hydrogens is 146 g/mol. The second-order valence-electron chi connectivity index (χ2n) is 2.49. The molecule has 0 saturated carbocycles. The van der Waals surface area contributed by atoms with Crippen molar-refractivity contribution in [3.05, 3.63) is 11.9 Å². The van der Waals surface area contributed by atoms with Crippen LogP contribution in [0, 0.1) is 0 Å². The first-order valence-electron chi connectivity index (χ1n) is 3.32. The molecule has 1 atom stereocenters. The highest BCUT2D eigenvalue weighted by atomic mass is 16.4. The fourth-order valence-corrected chi connectivity index (χ4v) is 0.976. The number of nitrogens with one attached hydrogen (secondary N) is 1. The molecule has 0 fully saturated rings. The third kappa shape index (κ3) is 1.84. The Bertz CT molecular complexity index is 202. The van der Waals surface area contributed by atoms with Gasteiger partial charge in [0.05, 0.1) is 0 Å². The summed E-state index contributed by atoms with van der Waals surface area (Å²) in [6.45, 7) is 1.79. The third-order valence-electron chi connectivity index (χ3n) is 1.39. The molecule has 0 bridgehead atoms. The molecule has 1 aliphatic rings. The van der Waals surface area contributed by atoms with Crippen molar-refractivity contribution < 1.29 is 9.90 Å². The van der Waals surface area contributed by atoms with Crippen LogP contribution < -0.4 is 11.2 Å². The first-order chi connectivity index (χ1) is 5.09. The van der Waals surface area contributed by atoms with Crippen molar-refractivity contribution in [3.8, 4) is 0 Å². The topological polar surface area (TPSA) is 78.6 Å². The van der Waals surface area contributed by atoms with E-state index in [0.717, 1.165) is 0 Å². The van der Waals surface area contributed by atoms with Crippen LogP contribution in [0.1, 0.15) is 6.92 Å². The number of carbonyl (C=O) groups is 1. The monoisotopic (exact) mass is 157 g/mol. The van der Waals surface area contributed by atoms with Crippen LogP contribution in [0.2, 0.25) is 0 Å². The summed E-state index contributed by atoms with van der Waals surface area (Å²) in [5, 5.41) is 9.82. The van der Waals surface area contributed by atoms with Crippen molar-refractivity contribution in [2.75, 3.05) is 6.54 Å². The molecule has 0 aromatic rings. The van der Waals surface area contributed by atoms with Gasteiger partial charge >= 0.3 is 5.97 Å². The number of hydrazine groups is 1. The summed E-state index contributed by atoms with van der Waals surface area (Å²) in [5.41, 5.74) is 8.35. The minimum Gasteiger partial charge on any atom is -0.480 e. The van der Waals surface area contributed by atoms with E-state index in [0.29, 0.717) is 5.82 Å². The van der Waals surface area contributed by atoms with Crippen molar-refractivity contribution in [2.45, 2.75) is 13.0 Å². The quantitative estimate of drug-likeness (QED) is 0.483. The van der Waals surface area contributed by atoms with E-state index >= 15 is 0 Å². The zero-order valence-electron chi connectivity index (χ0n) is 6.24. The lowest BCUT2D eigenvalue weighted by Crippen LogP contribution is -2.41. The highest BCUT2D eigenvalue weighted by molar-refractivity contribution is 5.69. The van der Waals surface area contributed by atoms with Crippen LogP contribution >= 0.6 is 0 Å². The van der Waals surface area contributed by atoms with E-state index in [9.17, 15) is 4.79 Å². The molecule has 5 nitrogen and oxygen atoms in total. The number of rotatable bonds is 2. The Balaban J connectivity index is 2.50. The van der Waals surface area contributed by atoms with Crippen LogP contribution in [-0.2, 0) is 4.79 Å². The fourth-order valence-electron chi connectivity index (χ4n) is 0.976. The van der Waals surface area contributed by atoms with E-state index < -0.39 is 5.97 Å². The minimum atomic E-state index is -0.900. The van der Waals surface area contributed by atoms with Crippen molar-refractivity contribution in [3.63, 3.8) is 0 Å². The predicted molar refractivity (Wildman–Crippen MR) is 39.2 cm³/mol. The number of carboxylic acid groups (broad SMARTS) is 1. The SMILES string of the molecule is CC1C=C(N)N(CC(=O)O)N1. The first-order valence-corrected chi connectivity index (χ1v) is 3.32. The molecule has 4 N–H and O–H groups in total. The third-order valence-corrected chi connectivity index (χ3v) is 1.39. The highest BCUT2D eigenvalue weighted by Gasteiger charge is 2.18. The maximum absolute atomic E-state index is 10.2. The van der Waals surface area contributed by atoms with E-state index in [1.807, 2.05) is 6.92 Å². The van der Waals surface area contributed by atoms with Gasteiger partial charge in [0.1, 0.15) is 12.4 Å². The largest absolute Gasteiger partial charge is 0.480 e. The Morgan fingerprint density at radius 2 is 2.64 bits per heavy atom. The fraction of sp³-hybridized carbons (Fsp3) is 0.500. The molecule has 0 aliphatic carbocycles. The van der Waals surface area contributed by atoms with Crippen LogP contribution in [-0.4, -0.2) is 28.7 Å². The average Bonchev–Trinajstić information content (AvgIpc) is 2.09. The average molecular weight is 157 g/mol. The predicted octanol–water partition coefficient (Wildman–Crippen LogP) is -0.920. The smallest absolute Gasteiger partial charge is 0.324 e. The van der Waals surface area contributed by atoms with E-state index in [1.165, 1.54) is 5.01 Å². The second kappa shape index (κ2) is 2.79. The van der Waals surface area contributed by atoms with Gasteiger partial charge in [-0.15, -0.1) is 0 Å². The Hall–Kier alpha value is -1.23. The summed E-state index contributed by atoms with van der Waals surface area (Å²) in [7, 11) is 0. The molecule has 11 heavy (non-hydrogen) atoms. The summed E-state index contributed by atoms with van der Waals surface area (Å²) in [6, 6.07) is 0.120. The van der Waals surface area contributed by atoms with Gasteiger partial charge in [-0.3, -0.25) is 9.80 Å². The number of aliphatic carboxylic acids is 1. The van der Waals surface area contributed by atoms with Crippen LogP contribution in [0.3, 0.4) is 0 Å². The summed E-state index contributed by atoms with van der Waals surface area (Å²) in [6.07, 6.45) is 1.77. The Kier molecular flexibility index (Phi) is 2.00. The number of hydrogen-bond acceptors (Lipinski definition) is 4. The molecule has 1 aliphatic heterocycles. The summed E-state index contributed by atoms with van der Waals surface area (Å²) in [5.74, 6) is -0.428. The van der Waals surface area contributed by atoms with E-state index in [1.54, 1.807) is 6.08 Å². The standard InChI is InChI=1S/C6H11N3O2/c1-4-2-5(7)9(8-4)3-6(10)11/h2,4,8H,3,7H2,1H3,(H,10,11). The highest BCUT2D eigenvalue weighted by Crippen LogP contribution is 2.04. The zero-order chi connectivity index (χ0) is 8.43. The van der Waals surface area contributed by atoms with Gasteiger partial charge in [-0.2, -0.15) is 0 Å². The normalized spacial score (nSPS) is 23.5. The zero-order valence-corrected chi connectivity index (χ0v) is 6.24. The lowest BCUT2D eigenvalue weighted by Gasteiger charge is -2.17. The molecule has 0 radical (unpaired) electrons. The molecule has 1 unspecified atom stereocenters. The van der Waals surface area contributed by atoms with Crippen LogP contribution in [0.4, 0.5) is 0 Å². The first kappa shape index (κ1) is 7.87. The van der Waals surface area contributed by atoms with Crippen LogP contribution in [0.25, 0.3) is 0 Å². The molecule has 62 valence electrons. The van der Waals surface area contributed by atoms with E-state index in [2.05, 4.69) is 5.43 Å². The lowest BCUT2D eigenvalue weighted by molar-refractivity contribution is -0.138. The number of nitrogens with zero attached hydrogens (tertiary/aromatic N) is 1. The van der Waals surface area contributed by atoms with Gasteiger partial charge in [0, 0.05) is 6.04 Å². The summed E-state index contributed by atoms with van der Waals surface area (Å²) in [4.78, 5) is 10.2.